The fourth-order valence-corrected chi connectivity index (χ4v) is 7.38. The van der Waals surface area contributed by atoms with Crippen molar-refractivity contribution in [3.05, 3.63) is 28.7 Å². The number of rotatable bonds is 12. The molecule has 4 rings (SSSR count). The molecule has 6 amide bonds. The van der Waals surface area contributed by atoms with Gasteiger partial charge in [0.1, 0.15) is 17.9 Å². The summed E-state index contributed by atoms with van der Waals surface area (Å²) in [7, 11) is 5.28. The molecule has 3 aliphatic rings. The summed E-state index contributed by atoms with van der Waals surface area (Å²) >= 11 is 2.15. The Morgan fingerprint density at radius 1 is 1.16 bits per heavy atom. The van der Waals surface area contributed by atoms with Crippen LogP contribution in [0.25, 0.3) is 0 Å². The summed E-state index contributed by atoms with van der Waals surface area (Å²) < 4.78 is 14.6. The number of fused-ring (bicyclic) bond motifs is 1. The number of hydrogen-bond donors (Lipinski definition) is 3. The van der Waals surface area contributed by atoms with Gasteiger partial charge in [-0.05, 0) is 41.5 Å². The lowest BCUT2D eigenvalue weighted by atomic mass is 9.90. The summed E-state index contributed by atoms with van der Waals surface area (Å²) in [6, 6.07) is -1.84. The molecule has 51 heavy (non-hydrogen) atoms. The highest BCUT2D eigenvalue weighted by Gasteiger charge is 2.66. The number of hydrazine groups is 2. The maximum Gasteiger partial charge on any atom is 0.426 e. The van der Waals surface area contributed by atoms with Crippen LogP contribution in [0.5, 0.6) is 0 Å². The Hall–Kier alpha value is -4.86. The van der Waals surface area contributed by atoms with Crippen LogP contribution >= 0.6 is 23.1 Å². The SMILES string of the molecule is [B]OC(=O)[C@@]1(N2CCN(NC(=O)NNC(=O)OCC=C)C2=O)CN2C(=O)[C@@H](CC(=O)/C(=N\OC(C)(C)C(=O)OC(C)(C)C)c3csc(C)n3)[C@H]2S1. The Bertz CT molecular complexity index is 1650. The first-order valence-electron chi connectivity index (χ1n) is 15.4. The smallest absolute Gasteiger partial charge is 0.426 e. The van der Waals surface area contributed by atoms with E-state index in [0.29, 0.717) is 5.01 Å². The summed E-state index contributed by atoms with van der Waals surface area (Å²) in [6.07, 6.45) is -0.0414. The molecule has 22 heteroatoms. The van der Waals surface area contributed by atoms with Crippen LogP contribution < -0.4 is 16.3 Å². The fraction of sp³-hybridized carbons (Fsp3) is 0.552. The van der Waals surface area contributed by atoms with Crippen molar-refractivity contribution >= 4 is 78.6 Å². The van der Waals surface area contributed by atoms with E-state index in [-0.39, 0.29) is 44.1 Å². The summed E-state index contributed by atoms with van der Waals surface area (Å²) in [5.41, 5.74) is 3.77. The van der Waals surface area contributed by atoms with E-state index in [1.165, 1.54) is 36.2 Å². The number of carbonyl (C=O) groups is 7. The van der Waals surface area contributed by atoms with Crippen LogP contribution in [-0.2, 0) is 38.1 Å². The van der Waals surface area contributed by atoms with Crippen LogP contribution in [-0.4, -0.2) is 123 Å². The zero-order chi connectivity index (χ0) is 37.9. The molecule has 3 atom stereocenters. The molecule has 3 fully saturated rings. The summed E-state index contributed by atoms with van der Waals surface area (Å²) in [5, 5.41) is 6.35. The number of hydrogen-bond acceptors (Lipinski definition) is 15. The molecule has 0 bridgehead atoms. The standard InChI is InChI=1S/C29H37BN8O11S2/c1-8-11-46-25(44)33-32-24(43)34-38-10-9-37(26(38)45)29(23(42)48-30)14-36-20(40)16(21(36)51-29)12-18(39)19(17-13-50-15(2)31-17)35-49-28(6,7)22(41)47-27(3,4)5/h8,13,16,21H,1,9-12,14H2,2-7H3,(H,33,44)(H2,32,34,43)/b35-19-/t16-,21-,29-/m1/s1. The minimum Gasteiger partial charge on any atom is -0.541 e. The molecule has 0 aliphatic carbocycles. The molecule has 0 aromatic carbocycles. The molecular weight excluding hydrogens is 711 g/mol. The van der Waals surface area contributed by atoms with Crippen molar-refractivity contribution in [2.45, 2.75) is 69.4 Å². The van der Waals surface area contributed by atoms with Crippen molar-refractivity contribution in [1.82, 2.24) is 36.1 Å². The van der Waals surface area contributed by atoms with Gasteiger partial charge in [-0.1, -0.05) is 29.6 Å². The van der Waals surface area contributed by atoms with Gasteiger partial charge in [-0.25, -0.2) is 45.4 Å². The second-order valence-electron chi connectivity index (χ2n) is 12.9. The highest BCUT2D eigenvalue weighted by molar-refractivity contribution is 8.02. The van der Waals surface area contributed by atoms with E-state index in [1.54, 1.807) is 33.1 Å². The molecule has 1 aromatic heterocycles. The largest absolute Gasteiger partial charge is 0.541 e. The number of β-lactam (4-membered cyclic amide) rings is 1. The van der Waals surface area contributed by atoms with Crippen LogP contribution in [0, 0.1) is 12.8 Å². The minimum atomic E-state index is -1.83. The van der Waals surface area contributed by atoms with Gasteiger partial charge in [0.05, 0.1) is 29.4 Å². The summed E-state index contributed by atoms with van der Waals surface area (Å²) in [5.74, 6) is -3.82. The number of ketones is 1. The van der Waals surface area contributed by atoms with E-state index >= 15 is 0 Å². The van der Waals surface area contributed by atoms with Crippen molar-refractivity contribution in [3.63, 3.8) is 0 Å². The van der Waals surface area contributed by atoms with E-state index < -0.39 is 69.1 Å². The molecule has 19 nitrogen and oxygen atoms in total. The van der Waals surface area contributed by atoms with E-state index in [1.807, 2.05) is 10.9 Å². The van der Waals surface area contributed by atoms with E-state index in [9.17, 15) is 33.6 Å². The Balaban J connectivity index is 1.48. The molecule has 3 saturated heterocycles. The Morgan fingerprint density at radius 2 is 1.86 bits per heavy atom. The van der Waals surface area contributed by atoms with Crippen LogP contribution in [0.1, 0.15) is 51.7 Å². The normalized spacial score (nSPS) is 21.7. The van der Waals surface area contributed by atoms with Crippen LogP contribution in [0.4, 0.5) is 14.4 Å². The van der Waals surface area contributed by atoms with Crippen LogP contribution in [0.15, 0.2) is 23.2 Å². The van der Waals surface area contributed by atoms with E-state index in [4.69, 9.17) is 17.6 Å². The topological polar surface area (TPSA) is 227 Å². The number of thioether (sulfide) groups is 1. The van der Waals surface area contributed by atoms with Gasteiger partial charge in [-0.2, -0.15) is 0 Å². The van der Waals surface area contributed by atoms with Gasteiger partial charge in [-0.15, -0.1) is 11.3 Å². The Labute approximate surface area is 302 Å². The molecule has 3 N–H and O–H groups in total. The van der Waals surface area contributed by atoms with Crippen molar-refractivity contribution in [3.8, 4) is 0 Å². The summed E-state index contributed by atoms with van der Waals surface area (Å²) in [4.78, 5) is 101. The number of esters is 1. The first-order chi connectivity index (χ1) is 23.8. The third-order valence-corrected chi connectivity index (χ3v) is 9.96. The second kappa shape index (κ2) is 15.2. The van der Waals surface area contributed by atoms with Gasteiger partial charge >= 0.3 is 38.1 Å². The van der Waals surface area contributed by atoms with Gasteiger partial charge in [0.25, 0.3) is 0 Å². The molecule has 0 spiro atoms. The molecule has 3 aliphatic heterocycles. The zero-order valence-corrected chi connectivity index (χ0v) is 30.3. The average Bonchev–Trinajstić information content (AvgIpc) is 3.76. The zero-order valence-electron chi connectivity index (χ0n) is 28.7. The van der Waals surface area contributed by atoms with E-state index in [0.717, 1.165) is 21.7 Å². The molecule has 274 valence electrons. The van der Waals surface area contributed by atoms with Crippen molar-refractivity contribution in [1.29, 1.82) is 0 Å². The minimum absolute atomic E-state index is 0.0968. The number of aryl methyl sites for hydroxylation is 1. The lowest BCUT2D eigenvalue weighted by Crippen LogP contribution is -2.60. The number of amides is 6. The number of nitrogens with one attached hydrogen (secondary N) is 3. The number of urea groups is 2. The monoisotopic (exact) mass is 748 g/mol. The summed E-state index contributed by atoms with van der Waals surface area (Å²) in [6.45, 7) is 12.4. The molecule has 4 heterocycles. The van der Waals surface area contributed by atoms with Crippen LogP contribution in [0.3, 0.4) is 0 Å². The van der Waals surface area contributed by atoms with Gasteiger partial charge in [0, 0.05) is 18.3 Å². The Kier molecular flexibility index (Phi) is 11.6. The Morgan fingerprint density at radius 3 is 2.47 bits per heavy atom. The fourth-order valence-electron chi connectivity index (χ4n) is 5.04. The first-order valence-corrected chi connectivity index (χ1v) is 17.1. The molecule has 2 radical (unpaired) electrons. The second-order valence-corrected chi connectivity index (χ2v) is 15.3. The van der Waals surface area contributed by atoms with Crippen molar-refractivity contribution < 1.29 is 52.5 Å². The maximum atomic E-state index is 13.7. The van der Waals surface area contributed by atoms with E-state index in [2.05, 4.69) is 31.5 Å². The van der Waals surface area contributed by atoms with Crippen molar-refractivity contribution in [2.75, 3.05) is 26.2 Å². The highest BCUT2D eigenvalue weighted by atomic mass is 32.2. The molecule has 0 saturated carbocycles. The number of nitrogens with zero attached hydrogens (tertiary/aromatic N) is 5. The number of carbonyl (C=O) groups excluding carboxylic acids is 7. The highest BCUT2D eigenvalue weighted by Crippen LogP contribution is 2.53. The van der Waals surface area contributed by atoms with Crippen LogP contribution in [0.2, 0.25) is 0 Å². The third-order valence-electron chi connectivity index (χ3n) is 7.46. The van der Waals surface area contributed by atoms with Crippen molar-refractivity contribution in [2.24, 2.45) is 11.1 Å². The number of aromatic nitrogens is 1. The first kappa shape index (κ1) is 38.9. The third kappa shape index (κ3) is 8.55. The van der Waals surface area contributed by atoms with Gasteiger partial charge in [-0.3, -0.25) is 19.3 Å². The lowest BCUT2D eigenvalue weighted by molar-refractivity contribution is -0.179. The quantitative estimate of drug-likeness (QED) is 0.0675. The molecule has 1 aromatic rings. The number of thiazole rings is 1. The van der Waals surface area contributed by atoms with Gasteiger partial charge < -0.3 is 23.9 Å². The average molecular weight is 749 g/mol. The number of ether oxygens (including phenoxy) is 2. The maximum absolute atomic E-state index is 13.7. The molecule has 0 unspecified atom stereocenters. The number of oxime groups is 1. The number of Topliss-reactive ketones (excluding diaryl/α,β-unsaturated/α-hetero) is 1. The molecular formula is C29H37BN8O11S2. The van der Waals surface area contributed by atoms with Gasteiger partial charge in [0.15, 0.2) is 11.5 Å². The predicted octanol–water partition coefficient (Wildman–Crippen LogP) is 0.885. The predicted molar refractivity (Wildman–Crippen MR) is 180 cm³/mol. The van der Waals surface area contributed by atoms with Gasteiger partial charge in [0.2, 0.25) is 16.4 Å². The lowest BCUT2D eigenvalue weighted by Gasteiger charge is -2.40.